The normalized spacial score (nSPS) is 22.5. The fourth-order valence-electron chi connectivity index (χ4n) is 1.11. The summed E-state index contributed by atoms with van der Waals surface area (Å²) in [5, 5.41) is 0. The summed E-state index contributed by atoms with van der Waals surface area (Å²) in [7, 11) is 0. The predicted octanol–water partition coefficient (Wildman–Crippen LogP) is 1.88. The Hall–Kier alpha value is -0.600. The van der Waals surface area contributed by atoms with Crippen LogP contribution in [-0.4, -0.2) is 19.0 Å². The van der Waals surface area contributed by atoms with Crippen LogP contribution in [0.2, 0.25) is 0 Å². The number of ether oxygens (including phenoxy) is 2. The minimum absolute atomic E-state index is 0.583. The lowest BCUT2D eigenvalue weighted by atomic mass is 10.1. The molecule has 0 atom stereocenters. The maximum atomic E-state index is 5.44. The second kappa shape index (κ2) is 3.69. The lowest BCUT2D eigenvalue weighted by Crippen LogP contribution is -2.37. The lowest BCUT2D eigenvalue weighted by molar-refractivity contribution is -0.233. The van der Waals surface area contributed by atoms with Crippen molar-refractivity contribution < 1.29 is 9.47 Å². The number of hydrogen-bond acceptors (Lipinski definition) is 2. The Morgan fingerprint density at radius 1 is 1.27 bits per heavy atom. The van der Waals surface area contributed by atoms with E-state index in [0.717, 1.165) is 19.6 Å². The highest BCUT2D eigenvalue weighted by atomic mass is 16.7. The molecule has 1 saturated heterocycles. The summed E-state index contributed by atoms with van der Waals surface area (Å²) >= 11 is 0. The fourth-order valence-corrected chi connectivity index (χ4v) is 1.11. The van der Waals surface area contributed by atoms with Crippen molar-refractivity contribution in [2.45, 2.75) is 18.6 Å². The van der Waals surface area contributed by atoms with Crippen molar-refractivity contribution in [2.24, 2.45) is 0 Å². The average Bonchev–Trinajstić information content (AvgIpc) is 2.07. The Kier molecular flexibility index (Phi) is 2.85. The van der Waals surface area contributed by atoms with Crippen molar-refractivity contribution in [1.82, 2.24) is 0 Å². The molecule has 1 aliphatic rings. The molecule has 0 bridgehead atoms. The van der Waals surface area contributed by atoms with Crippen molar-refractivity contribution in [2.75, 3.05) is 13.2 Å². The highest BCUT2D eigenvalue weighted by molar-refractivity contribution is 4.95. The zero-order valence-electron chi connectivity index (χ0n) is 6.71. The molecule has 0 unspecified atom stereocenters. The molecule has 0 radical (unpaired) electrons. The lowest BCUT2D eigenvalue weighted by Gasteiger charge is -2.33. The SMILES string of the molecule is C=CCC1(C=C)OCCCO1. The predicted molar refractivity (Wildman–Crippen MR) is 44.3 cm³/mol. The Bertz CT molecular complexity index is 146. The van der Waals surface area contributed by atoms with Gasteiger partial charge in [0, 0.05) is 6.42 Å². The first-order chi connectivity index (χ1) is 5.33. The second-order valence-electron chi connectivity index (χ2n) is 2.56. The molecule has 0 aliphatic carbocycles. The van der Waals surface area contributed by atoms with Crippen molar-refractivity contribution in [1.29, 1.82) is 0 Å². The second-order valence-corrected chi connectivity index (χ2v) is 2.56. The van der Waals surface area contributed by atoms with E-state index in [9.17, 15) is 0 Å². The summed E-state index contributed by atoms with van der Waals surface area (Å²) in [4.78, 5) is 0. The van der Waals surface area contributed by atoms with E-state index in [1.807, 2.05) is 0 Å². The third kappa shape index (κ3) is 1.91. The first-order valence-corrected chi connectivity index (χ1v) is 3.85. The van der Waals surface area contributed by atoms with Gasteiger partial charge in [0.2, 0.25) is 0 Å². The first kappa shape index (κ1) is 8.50. The van der Waals surface area contributed by atoms with Crippen LogP contribution >= 0.6 is 0 Å². The van der Waals surface area contributed by atoms with Crippen molar-refractivity contribution in [3.05, 3.63) is 25.3 Å². The van der Waals surface area contributed by atoms with E-state index < -0.39 is 5.79 Å². The first-order valence-electron chi connectivity index (χ1n) is 3.85. The molecule has 0 N–H and O–H groups in total. The van der Waals surface area contributed by atoms with E-state index in [1.165, 1.54) is 0 Å². The van der Waals surface area contributed by atoms with Gasteiger partial charge in [-0.3, -0.25) is 0 Å². The maximum absolute atomic E-state index is 5.44. The molecule has 2 nitrogen and oxygen atoms in total. The Balaban J connectivity index is 2.56. The van der Waals surface area contributed by atoms with Crippen molar-refractivity contribution in [3.63, 3.8) is 0 Å². The van der Waals surface area contributed by atoms with Gasteiger partial charge < -0.3 is 9.47 Å². The summed E-state index contributed by atoms with van der Waals surface area (Å²) in [6.07, 6.45) is 5.13. The van der Waals surface area contributed by atoms with Crippen molar-refractivity contribution >= 4 is 0 Å². The molecule has 0 aromatic carbocycles. The third-order valence-corrected chi connectivity index (χ3v) is 1.72. The minimum atomic E-state index is -0.583. The van der Waals surface area contributed by atoms with Gasteiger partial charge in [-0.1, -0.05) is 12.7 Å². The van der Waals surface area contributed by atoms with Gasteiger partial charge in [0.15, 0.2) is 5.79 Å². The highest BCUT2D eigenvalue weighted by Gasteiger charge is 2.29. The van der Waals surface area contributed by atoms with Gasteiger partial charge in [0.25, 0.3) is 0 Å². The maximum Gasteiger partial charge on any atom is 0.190 e. The number of rotatable bonds is 3. The van der Waals surface area contributed by atoms with Crippen molar-refractivity contribution in [3.8, 4) is 0 Å². The molecule has 2 heteroatoms. The van der Waals surface area contributed by atoms with Gasteiger partial charge in [0.05, 0.1) is 13.2 Å². The van der Waals surface area contributed by atoms with E-state index >= 15 is 0 Å². The van der Waals surface area contributed by atoms with Crippen LogP contribution in [0, 0.1) is 0 Å². The average molecular weight is 154 g/mol. The molecule has 1 heterocycles. The molecule has 0 amide bonds. The summed E-state index contributed by atoms with van der Waals surface area (Å²) in [5.41, 5.74) is 0. The Morgan fingerprint density at radius 3 is 2.36 bits per heavy atom. The van der Waals surface area contributed by atoms with E-state index in [0.29, 0.717) is 6.42 Å². The van der Waals surface area contributed by atoms with Crippen LogP contribution < -0.4 is 0 Å². The molecule has 1 aliphatic heterocycles. The zero-order chi connectivity index (χ0) is 8.16. The highest BCUT2D eigenvalue weighted by Crippen LogP contribution is 2.23. The minimum Gasteiger partial charge on any atom is -0.346 e. The van der Waals surface area contributed by atoms with Gasteiger partial charge in [-0.15, -0.1) is 6.58 Å². The van der Waals surface area contributed by atoms with Crippen LogP contribution in [-0.2, 0) is 9.47 Å². The molecule has 11 heavy (non-hydrogen) atoms. The summed E-state index contributed by atoms with van der Waals surface area (Å²) in [5.74, 6) is -0.583. The quantitative estimate of drug-likeness (QED) is 0.578. The van der Waals surface area contributed by atoms with Gasteiger partial charge in [0.1, 0.15) is 0 Å². The summed E-state index contributed by atoms with van der Waals surface area (Å²) in [6.45, 7) is 8.82. The van der Waals surface area contributed by atoms with Gasteiger partial charge >= 0.3 is 0 Å². The topological polar surface area (TPSA) is 18.5 Å². The summed E-state index contributed by atoms with van der Waals surface area (Å²) in [6, 6.07) is 0. The van der Waals surface area contributed by atoms with E-state index in [1.54, 1.807) is 12.2 Å². The van der Waals surface area contributed by atoms with Crippen LogP contribution in [0.25, 0.3) is 0 Å². The molecule has 1 rings (SSSR count). The molecular weight excluding hydrogens is 140 g/mol. The van der Waals surface area contributed by atoms with Gasteiger partial charge in [-0.2, -0.15) is 0 Å². The molecular formula is C9H14O2. The molecule has 0 aromatic heterocycles. The van der Waals surface area contributed by atoms with Crippen LogP contribution in [0.4, 0.5) is 0 Å². The van der Waals surface area contributed by atoms with Crippen LogP contribution in [0.5, 0.6) is 0 Å². The smallest absolute Gasteiger partial charge is 0.190 e. The molecule has 0 spiro atoms. The molecule has 62 valence electrons. The van der Waals surface area contributed by atoms with Crippen LogP contribution in [0.15, 0.2) is 25.3 Å². The molecule has 1 fully saturated rings. The number of hydrogen-bond donors (Lipinski definition) is 0. The Labute approximate surface area is 67.5 Å². The van der Waals surface area contributed by atoms with Gasteiger partial charge in [-0.05, 0) is 12.5 Å². The van der Waals surface area contributed by atoms with E-state index in [2.05, 4.69) is 13.2 Å². The largest absolute Gasteiger partial charge is 0.346 e. The van der Waals surface area contributed by atoms with Crippen LogP contribution in [0.1, 0.15) is 12.8 Å². The van der Waals surface area contributed by atoms with Gasteiger partial charge in [-0.25, -0.2) is 0 Å². The third-order valence-electron chi connectivity index (χ3n) is 1.72. The zero-order valence-corrected chi connectivity index (χ0v) is 6.71. The monoisotopic (exact) mass is 154 g/mol. The Morgan fingerprint density at radius 2 is 1.91 bits per heavy atom. The molecule has 0 saturated carbocycles. The van der Waals surface area contributed by atoms with Crippen LogP contribution in [0.3, 0.4) is 0 Å². The van der Waals surface area contributed by atoms with E-state index in [-0.39, 0.29) is 0 Å². The standard InChI is InChI=1S/C9H14O2/c1-3-6-9(4-2)10-7-5-8-11-9/h3-4H,1-2,5-8H2. The molecule has 0 aromatic rings. The fraction of sp³-hybridized carbons (Fsp3) is 0.556. The summed E-state index contributed by atoms with van der Waals surface area (Å²) < 4.78 is 10.9. The van der Waals surface area contributed by atoms with E-state index in [4.69, 9.17) is 9.47 Å².